The second-order valence-corrected chi connectivity index (χ2v) is 3.73. The van der Waals surface area contributed by atoms with E-state index >= 15 is 0 Å². The molecule has 0 heterocycles. The topological polar surface area (TPSA) is 101 Å². The van der Waals surface area contributed by atoms with Crippen LogP contribution in [0, 0.1) is 0 Å². The maximum absolute atomic E-state index is 12.1. The maximum atomic E-state index is 12.1. The summed E-state index contributed by atoms with van der Waals surface area (Å²) < 4.78 is 12.1. The third kappa shape index (κ3) is 1.80. The van der Waals surface area contributed by atoms with Gasteiger partial charge >= 0.3 is 0 Å². The van der Waals surface area contributed by atoms with Crippen molar-refractivity contribution in [3.63, 3.8) is 0 Å². The van der Waals surface area contributed by atoms with Gasteiger partial charge < -0.3 is 25.5 Å². The fourth-order valence-electron chi connectivity index (χ4n) is 1.30. The van der Waals surface area contributed by atoms with E-state index in [9.17, 15) is 3.89 Å². The molecule has 0 aliphatic heterocycles. The van der Waals surface area contributed by atoms with Crippen LogP contribution in [0.5, 0.6) is 0 Å². The highest BCUT2D eigenvalue weighted by Crippen LogP contribution is 2.30. The zero-order chi connectivity index (χ0) is 10.2. The molecule has 0 radical (unpaired) electrons. The van der Waals surface area contributed by atoms with E-state index in [1.54, 1.807) is 0 Å². The van der Waals surface area contributed by atoms with Crippen molar-refractivity contribution < 1.29 is 29.4 Å². The fraction of sp³-hybridized carbons (Fsp3) is 1.00. The van der Waals surface area contributed by atoms with Gasteiger partial charge in [0.15, 0.2) is 0 Å². The molecule has 1 aliphatic rings. The first-order valence-electron chi connectivity index (χ1n) is 3.68. The minimum atomic E-state index is -1.66. The minimum Gasteiger partial charge on any atom is -0.389 e. The third-order valence-corrected chi connectivity index (χ3v) is 2.94. The SMILES string of the molecule is OC1C(O)C(O)C(SF)C(O)C1O. The molecule has 4 unspecified atom stereocenters. The van der Waals surface area contributed by atoms with Crippen molar-refractivity contribution in [2.45, 2.75) is 35.8 Å². The van der Waals surface area contributed by atoms with Crippen LogP contribution in [0.3, 0.4) is 0 Å². The van der Waals surface area contributed by atoms with Crippen LogP contribution in [0.4, 0.5) is 3.89 Å². The second kappa shape index (κ2) is 4.07. The molecule has 0 aromatic heterocycles. The number of hydrogen-bond acceptors (Lipinski definition) is 6. The van der Waals surface area contributed by atoms with Gasteiger partial charge in [0.05, 0.1) is 29.6 Å². The van der Waals surface area contributed by atoms with Gasteiger partial charge in [0, 0.05) is 0 Å². The smallest absolute Gasteiger partial charge is 0.111 e. The van der Waals surface area contributed by atoms with E-state index in [4.69, 9.17) is 25.5 Å². The molecule has 5 nitrogen and oxygen atoms in total. The Morgan fingerprint density at radius 1 is 0.692 bits per heavy atom. The normalized spacial score (nSPS) is 52.2. The summed E-state index contributed by atoms with van der Waals surface area (Å²) in [5.41, 5.74) is 0. The summed E-state index contributed by atoms with van der Waals surface area (Å²) in [6.07, 6.45) is -8.14. The third-order valence-electron chi connectivity index (χ3n) is 2.18. The molecule has 0 bridgehead atoms. The first-order valence-corrected chi connectivity index (χ1v) is 4.46. The molecule has 0 aromatic carbocycles. The summed E-state index contributed by atoms with van der Waals surface area (Å²) in [6, 6.07) is 0. The molecule has 1 aliphatic carbocycles. The van der Waals surface area contributed by atoms with Crippen molar-refractivity contribution >= 4 is 12.1 Å². The average Bonchev–Trinajstić information content (AvgIpc) is 2.13. The van der Waals surface area contributed by atoms with Crippen LogP contribution in [0.15, 0.2) is 0 Å². The lowest BCUT2D eigenvalue weighted by Crippen LogP contribution is -2.62. The van der Waals surface area contributed by atoms with E-state index in [0.29, 0.717) is 0 Å². The highest BCUT2D eigenvalue weighted by atomic mass is 32.2. The van der Waals surface area contributed by atoms with Gasteiger partial charge in [0.25, 0.3) is 0 Å². The van der Waals surface area contributed by atoms with Crippen LogP contribution in [0.25, 0.3) is 0 Å². The highest BCUT2D eigenvalue weighted by Gasteiger charge is 2.48. The predicted molar refractivity (Wildman–Crippen MR) is 42.5 cm³/mol. The molecule has 5 N–H and O–H groups in total. The zero-order valence-corrected chi connectivity index (χ0v) is 7.30. The Morgan fingerprint density at radius 2 is 1.00 bits per heavy atom. The van der Waals surface area contributed by atoms with Crippen LogP contribution >= 0.6 is 12.1 Å². The van der Waals surface area contributed by atoms with E-state index in [2.05, 4.69) is 0 Å². The lowest BCUT2D eigenvalue weighted by atomic mass is 9.87. The van der Waals surface area contributed by atoms with Crippen LogP contribution in [-0.2, 0) is 0 Å². The summed E-state index contributed by atoms with van der Waals surface area (Å²) >= 11 is -0.360. The van der Waals surface area contributed by atoms with E-state index in [1.165, 1.54) is 0 Å². The first-order chi connectivity index (χ1) is 6.00. The molecule has 0 saturated heterocycles. The Balaban J connectivity index is 2.79. The predicted octanol–water partition coefficient (Wildman–Crippen LogP) is -2.21. The summed E-state index contributed by atoms with van der Waals surface area (Å²) in [7, 11) is 0. The first kappa shape index (κ1) is 11.2. The maximum Gasteiger partial charge on any atom is 0.111 e. The largest absolute Gasteiger partial charge is 0.389 e. The Hall–Kier alpha value is 0.0800. The van der Waals surface area contributed by atoms with E-state index in [0.717, 1.165) is 0 Å². The minimum absolute atomic E-state index is 0.360. The van der Waals surface area contributed by atoms with Crippen molar-refractivity contribution in [1.29, 1.82) is 0 Å². The lowest BCUT2D eigenvalue weighted by molar-refractivity contribution is -0.172. The Bertz CT molecular complexity index is 166. The van der Waals surface area contributed by atoms with Crippen LogP contribution < -0.4 is 0 Å². The second-order valence-electron chi connectivity index (χ2n) is 3.01. The average molecular weight is 214 g/mol. The summed E-state index contributed by atoms with van der Waals surface area (Å²) in [5, 5.41) is 44.2. The summed E-state index contributed by atoms with van der Waals surface area (Å²) in [5.74, 6) is 0. The molecule has 1 saturated carbocycles. The number of hydrogen-bond donors (Lipinski definition) is 5. The quantitative estimate of drug-likeness (QED) is 0.339. The van der Waals surface area contributed by atoms with Crippen molar-refractivity contribution in [3.05, 3.63) is 0 Å². The fourth-order valence-corrected chi connectivity index (χ4v) is 1.83. The van der Waals surface area contributed by atoms with Crippen molar-refractivity contribution in [2.75, 3.05) is 0 Å². The molecule has 4 atom stereocenters. The van der Waals surface area contributed by atoms with Crippen molar-refractivity contribution in [1.82, 2.24) is 0 Å². The standard InChI is InChI=1S/C6H11FO5S/c7-13-6-4(11)2(9)1(8)3(10)5(6)12/h1-6,8-12H. The van der Waals surface area contributed by atoms with E-state index in [1.807, 2.05) is 0 Å². The molecule has 0 aromatic rings. The van der Waals surface area contributed by atoms with Crippen LogP contribution in [0.1, 0.15) is 0 Å². The zero-order valence-electron chi connectivity index (χ0n) is 6.49. The summed E-state index contributed by atoms with van der Waals surface area (Å²) in [4.78, 5) is 0. The number of halogens is 1. The number of aliphatic hydroxyl groups excluding tert-OH is 5. The van der Waals surface area contributed by atoms with Gasteiger partial charge in [-0.15, -0.1) is 0 Å². The molecule has 1 rings (SSSR count). The van der Waals surface area contributed by atoms with Gasteiger partial charge in [0.1, 0.15) is 18.3 Å². The molecule has 7 heteroatoms. The Labute approximate surface area is 78.1 Å². The van der Waals surface area contributed by atoms with Gasteiger partial charge in [-0.3, -0.25) is 0 Å². The molecule has 0 amide bonds. The van der Waals surface area contributed by atoms with Gasteiger partial charge in [-0.1, -0.05) is 0 Å². The highest BCUT2D eigenvalue weighted by molar-refractivity contribution is 7.95. The van der Waals surface area contributed by atoms with Gasteiger partial charge in [0.2, 0.25) is 0 Å². The van der Waals surface area contributed by atoms with Gasteiger partial charge in [-0.2, -0.15) is 3.89 Å². The van der Waals surface area contributed by atoms with Crippen molar-refractivity contribution in [3.8, 4) is 0 Å². The number of aliphatic hydroxyl groups is 5. The number of rotatable bonds is 1. The molecular formula is C6H11FO5S. The molecule has 0 spiro atoms. The Morgan fingerprint density at radius 3 is 1.31 bits per heavy atom. The molecule has 78 valence electrons. The molecule has 13 heavy (non-hydrogen) atoms. The molecule has 1 fully saturated rings. The van der Waals surface area contributed by atoms with Gasteiger partial charge in [-0.05, 0) is 0 Å². The summed E-state index contributed by atoms with van der Waals surface area (Å²) in [6.45, 7) is 0. The van der Waals surface area contributed by atoms with Gasteiger partial charge in [-0.25, -0.2) is 0 Å². The van der Waals surface area contributed by atoms with Crippen molar-refractivity contribution in [2.24, 2.45) is 0 Å². The van der Waals surface area contributed by atoms with Crippen LogP contribution in [0.2, 0.25) is 0 Å². The van der Waals surface area contributed by atoms with Crippen LogP contribution in [-0.4, -0.2) is 61.3 Å². The lowest BCUT2D eigenvalue weighted by Gasteiger charge is -2.39. The Kier molecular flexibility index (Phi) is 3.50. The monoisotopic (exact) mass is 214 g/mol. The van der Waals surface area contributed by atoms with E-state index < -0.39 is 35.8 Å². The van der Waals surface area contributed by atoms with E-state index in [-0.39, 0.29) is 12.1 Å². The molecular weight excluding hydrogens is 203 g/mol.